The molecule has 0 aliphatic carbocycles. The van der Waals surface area contributed by atoms with Gasteiger partial charge in [-0.3, -0.25) is 0 Å². The molecule has 0 heteroatoms. The van der Waals surface area contributed by atoms with Crippen LogP contribution in [-0.2, 0) is 0 Å². The zero-order valence-electron chi connectivity index (χ0n) is 14.2. The summed E-state index contributed by atoms with van der Waals surface area (Å²) in [7, 11) is 0. The van der Waals surface area contributed by atoms with Gasteiger partial charge in [-0.05, 0) is 56.4 Å². The van der Waals surface area contributed by atoms with Gasteiger partial charge in [-0.2, -0.15) is 0 Å². The fraction of sp³-hybridized carbons (Fsp3) is 0.333. The van der Waals surface area contributed by atoms with Gasteiger partial charge in [0.15, 0.2) is 0 Å². The average molecular weight is 280 g/mol. The molecule has 0 saturated heterocycles. The van der Waals surface area contributed by atoms with Gasteiger partial charge in [-0.1, -0.05) is 73.6 Å². The van der Waals surface area contributed by atoms with E-state index in [2.05, 4.69) is 78.1 Å². The predicted octanol–water partition coefficient (Wildman–Crippen LogP) is 6.73. The van der Waals surface area contributed by atoms with Gasteiger partial charge in [0.1, 0.15) is 0 Å². The zero-order chi connectivity index (χ0) is 16.0. The van der Waals surface area contributed by atoms with Crippen LogP contribution < -0.4 is 0 Å². The Balaban J connectivity index is 3.49. The normalized spacial score (nSPS) is 12.4. The van der Waals surface area contributed by atoms with Crippen molar-refractivity contribution in [3.05, 3.63) is 71.3 Å². The van der Waals surface area contributed by atoms with Gasteiger partial charge in [-0.25, -0.2) is 0 Å². The summed E-state index contributed by atoms with van der Waals surface area (Å²) >= 11 is 0. The predicted molar refractivity (Wildman–Crippen MR) is 97.3 cm³/mol. The molecule has 0 aliphatic rings. The lowest BCUT2D eigenvalue weighted by molar-refractivity contribution is 0.957. The SMILES string of the molecule is C=C(C)/C(=C(C)\C=C\CCC)c1cc(C)ccc1C(=C)C. The number of unbranched alkanes of at least 4 members (excludes halogenated alkanes) is 1. The highest BCUT2D eigenvalue weighted by Gasteiger charge is 2.11. The number of hydrogen-bond donors (Lipinski definition) is 0. The maximum atomic E-state index is 4.19. The molecule has 0 nitrogen and oxygen atoms in total. The molecule has 0 N–H and O–H groups in total. The van der Waals surface area contributed by atoms with Gasteiger partial charge >= 0.3 is 0 Å². The lowest BCUT2D eigenvalue weighted by Gasteiger charge is -2.16. The summed E-state index contributed by atoms with van der Waals surface area (Å²) in [5.41, 5.74) is 8.42. The largest absolute Gasteiger partial charge is 0.0955 e. The van der Waals surface area contributed by atoms with Gasteiger partial charge < -0.3 is 0 Å². The van der Waals surface area contributed by atoms with Crippen molar-refractivity contribution in [1.82, 2.24) is 0 Å². The molecule has 0 bridgehead atoms. The van der Waals surface area contributed by atoms with Crippen LogP contribution in [0.1, 0.15) is 57.2 Å². The molecule has 0 amide bonds. The summed E-state index contributed by atoms with van der Waals surface area (Å²) in [5.74, 6) is 0. The molecular formula is C21H28. The minimum absolute atomic E-state index is 1.09. The monoisotopic (exact) mass is 280 g/mol. The number of aryl methyl sites for hydroxylation is 1. The first-order valence-electron chi connectivity index (χ1n) is 7.68. The van der Waals surface area contributed by atoms with E-state index >= 15 is 0 Å². The molecule has 0 aliphatic heterocycles. The fourth-order valence-corrected chi connectivity index (χ4v) is 2.53. The Labute approximate surface area is 130 Å². The Hall–Kier alpha value is -1.82. The van der Waals surface area contributed by atoms with Crippen molar-refractivity contribution in [3.63, 3.8) is 0 Å². The smallest absolute Gasteiger partial charge is 0.0101 e. The minimum atomic E-state index is 1.09. The molecule has 1 aromatic carbocycles. The summed E-state index contributed by atoms with van der Waals surface area (Å²) in [6.45, 7) is 18.9. The first-order chi connectivity index (χ1) is 9.88. The Kier molecular flexibility index (Phi) is 6.42. The molecule has 1 rings (SSSR count). The summed E-state index contributed by atoms with van der Waals surface area (Å²) < 4.78 is 0. The second-order valence-corrected chi connectivity index (χ2v) is 5.86. The second-order valence-electron chi connectivity index (χ2n) is 5.86. The van der Waals surface area contributed by atoms with E-state index in [0.29, 0.717) is 0 Å². The van der Waals surface area contributed by atoms with E-state index in [-0.39, 0.29) is 0 Å². The summed E-state index contributed by atoms with van der Waals surface area (Å²) in [4.78, 5) is 0. The van der Waals surface area contributed by atoms with Gasteiger partial charge in [0.05, 0.1) is 0 Å². The number of hydrogen-bond acceptors (Lipinski definition) is 0. The molecule has 0 unspecified atom stereocenters. The molecule has 0 heterocycles. The van der Waals surface area contributed by atoms with Gasteiger partial charge in [0.25, 0.3) is 0 Å². The minimum Gasteiger partial charge on any atom is -0.0955 e. The van der Waals surface area contributed by atoms with Crippen LogP contribution in [0, 0.1) is 6.92 Å². The van der Waals surface area contributed by atoms with Crippen LogP contribution in [-0.4, -0.2) is 0 Å². The van der Waals surface area contributed by atoms with Crippen LogP contribution in [0.2, 0.25) is 0 Å². The van der Waals surface area contributed by atoms with Crippen LogP contribution >= 0.6 is 0 Å². The molecule has 21 heavy (non-hydrogen) atoms. The zero-order valence-corrected chi connectivity index (χ0v) is 14.2. The van der Waals surface area contributed by atoms with Crippen molar-refractivity contribution < 1.29 is 0 Å². The van der Waals surface area contributed by atoms with E-state index in [1.165, 1.54) is 34.3 Å². The maximum absolute atomic E-state index is 4.19. The molecule has 0 radical (unpaired) electrons. The lowest BCUT2D eigenvalue weighted by Crippen LogP contribution is -1.96. The molecule has 1 aromatic rings. The molecule has 0 atom stereocenters. The topological polar surface area (TPSA) is 0 Å². The Bertz CT molecular complexity index is 594. The third-order valence-electron chi connectivity index (χ3n) is 3.55. The van der Waals surface area contributed by atoms with Crippen LogP contribution in [0.15, 0.2) is 54.7 Å². The first kappa shape index (κ1) is 17.2. The Morgan fingerprint density at radius 3 is 2.29 bits per heavy atom. The van der Waals surface area contributed by atoms with Gasteiger partial charge in [-0.15, -0.1) is 0 Å². The molecule has 0 aromatic heterocycles. The maximum Gasteiger partial charge on any atom is -0.0101 e. The third-order valence-corrected chi connectivity index (χ3v) is 3.55. The summed E-state index contributed by atoms with van der Waals surface area (Å²) in [6, 6.07) is 6.55. The van der Waals surface area contributed by atoms with Gasteiger partial charge in [0, 0.05) is 0 Å². The van der Waals surface area contributed by atoms with Crippen LogP contribution in [0.4, 0.5) is 0 Å². The summed E-state index contributed by atoms with van der Waals surface area (Å²) in [6.07, 6.45) is 6.75. The van der Waals surface area contributed by atoms with Crippen molar-refractivity contribution in [2.75, 3.05) is 0 Å². The van der Waals surface area contributed by atoms with Crippen molar-refractivity contribution in [2.45, 2.75) is 47.5 Å². The molecule has 112 valence electrons. The third kappa shape index (κ3) is 4.60. The highest BCUT2D eigenvalue weighted by molar-refractivity contribution is 5.88. The second kappa shape index (κ2) is 7.83. The van der Waals surface area contributed by atoms with E-state index in [1.54, 1.807) is 0 Å². The highest BCUT2D eigenvalue weighted by atomic mass is 14.2. The quantitative estimate of drug-likeness (QED) is 0.506. The fourth-order valence-electron chi connectivity index (χ4n) is 2.53. The van der Waals surface area contributed by atoms with Crippen LogP contribution in [0.3, 0.4) is 0 Å². The average Bonchev–Trinajstić information content (AvgIpc) is 2.38. The highest BCUT2D eigenvalue weighted by Crippen LogP contribution is 2.32. The van der Waals surface area contributed by atoms with Crippen molar-refractivity contribution in [2.24, 2.45) is 0 Å². The van der Waals surface area contributed by atoms with Crippen molar-refractivity contribution in [1.29, 1.82) is 0 Å². The van der Waals surface area contributed by atoms with Crippen molar-refractivity contribution in [3.8, 4) is 0 Å². The first-order valence-corrected chi connectivity index (χ1v) is 7.68. The molecule has 0 saturated carbocycles. The van der Waals surface area contributed by atoms with Crippen LogP contribution in [0.5, 0.6) is 0 Å². The van der Waals surface area contributed by atoms with E-state index in [9.17, 15) is 0 Å². The molecule has 0 fully saturated rings. The standard InChI is InChI=1S/C21H28/c1-8-9-10-11-18(7)21(16(4)5)20-14-17(6)12-13-19(20)15(2)3/h10-14H,2,4,8-9H2,1,3,5-7H3/b11-10+,21-18+. The van der Waals surface area contributed by atoms with E-state index in [1.807, 2.05) is 0 Å². The Morgan fingerprint density at radius 1 is 1.10 bits per heavy atom. The number of benzene rings is 1. The number of rotatable bonds is 6. The van der Waals surface area contributed by atoms with Gasteiger partial charge in [0.2, 0.25) is 0 Å². The molecule has 0 spiro atoms. The van der Waals surface area contributed by atoms with E-state index < -0.39 is 0 Å². The lowest BCUT2D eigenvalue weighted by atomic mass is 9.88. The molecular weight excluding hydrogens is 252 g/mol. The van der Waals surface area contributed by atoms with E-state index in [0.717, 1.165) is 17.6 Å². The number of allylic oxidation sites excluding steroid dienone is 6. The van der Waals surface area contributed by atoms with Crippen LogP contribution in [0.25, 0.3) is 11.1 Å². The summed E-state index contributed by atoms with van der Waals surface area (Å²) in [5, 5.41) is 0. The Morgan fingerprint density at radius 2 is 1.76 bits per heavy atom. The van der Waals surface area contributed by atoms with Crippen molar-refractivity contribution >= 4 is 11.1 Å². The van der Waals surface area contributed by atoms with E-state index in [4.69, 9.17) is 0 Å².